The Morgan fingerprint density at radius 1 is 1.25 bits per heavy atom. The predicted octanol–water partition coefficient (Wildman–Crippen LogP) is 2.09. The molecule has 0 aromatic heterocycles. The van der Waals surface area contributed by atoms with Gasteiger partial charge < -0.3 is 10.0 Å². The average molecular weight is 229 g/mol. The van der Waals surface area contributed by atoms with Crippen LogP contribution < -0.4 is 0 Å². The Morgan fingerprint density at radius 3 is 2.12 bits per heavy atom. The molecule has 0 bridgehead atoms. The molecule has 1 rings (SSSR count). The molecule has 3 nitrogen and oxygen atoms in total. The highest BCUT2D eigenvalue weighted by Gasteiger charge is 2.18. The van der Waals surface area contributed by atoms with Crippen LogP contribution in [0.1, 0.15) is 47.5 Å². The molecule has 1 heterocycles. The van der Waals surface area contributed by atoms with Gasteiger partial charge in [-0.05, 0) is 24.9 Å². The minimum absolute atomic E-state index is 0.766. The Hall–Kier alpha value is -0.315. The first-order valence-corrected chi connectivity index (χ1v) is 6.51. The fraction of sp³-hybridized carbons (Fsp3) is 0.833. The summed E-state index contributed by atoms with van der Waals surface area (Å²) >= 11 is 0. The van der Waals surface area contributed by atoms with Crippen LogP contribution in [-0.2, 0) is 0 Å². The predicted molar refractivity (Wildman–Crippen MR) is 72.3 cm³/mol. The van der Waals surface area contributed by atoms with E-state index in [2.05, 4.69) is 11.8 Å². The van der Waals surface area contributed by atoms with Gasteiger partial charge in [0.2, 0.25) is 0 Å². The third kappa shape index (κ3) is 7.91. The van der Waals surface area contributed by atoms with Gasteiger partial charge in [0.05, 0.1) is 0 Å². The second-order valence-corrected chi connectivity index (χ2v) is 3.20. The molecule has 2 N–H and O–H groups in total. The van der Waals surface area contributed by atoms with Gasteiger partial charge in [0.1, 0.15) is 0 Å². The Kier molecular flexibility index (Phi) is 14.4. The van der Waals surface area contributed by atoms with Crippen LogP contribution in [0.5, 0.6) is 0 Å². The summed E-state index contributed by atoms with van der Waals surface area (Å²) in [5.41, 5.74) is 0.766. The molecule has 0 aliphatic carbocycles. The summed E-state index contributed by atoms with van der Waals surface area (Å²) in [4.78, 5) is 2.31. The van der Waals surface area contributed by atoms with Crippen LogP contribution in [0, 0.1) is 0 Å². The van der Waals surface area contributed by atoms with Gasteiger partial charge >= 0.3 is 7.12 Å². The van der Waals surface area contributed by atoms with Gasteiger partial charge in [0.15, 0.2) is 0 Å². The lowest BCUT2D eigenvalue weighted by atomic mass is 9.76. The molecule has 0 saturated carbocycles. The molecule has 16 heavy (non-hydrogen) atoms. The van der Waals surface area contributed by atoms with E-state index in [4.69, 9.17) is 10.0 Å². The number of hydrogen-bond donors (Lipinski definition) is 2. The highest BCUT2D eigenvalue weighted by Crippen LogP contribution is 2.11. The summed E-state index contributed by atoms with van der Waals surface area (Å²) in [6.45, 7) is 13.1. The number of rotatable bonds is 3. The van der Waals surface area contributed by atoms with Crippen molar-refractivity contribution in [3.05, 3.63) is 11.5 Å². The maximum Gasteiger partial charge on any atom is 0.483 e. The van der Waals surface area contributed by atoms with Crippen molar-refractivity contribution in [1.29, 1.82) is 0 Å². The third-order valence-electron chi connectivity index (χ3n) is 2.20. The zero-order valence-electron chi connectivity index (χ0n) is 11.5. The Labute approximate surface area is 101 Å². The SMILES string of the molecule is CC.CC.CCCN1CC=C(B(O)O)CC1. The summed E-state index contributed by atoms with van der Waals surface area (Å²) in [6, 6.07) is 0. The van der Waals surface area contributed by atoms with Crippen LogP contribution in [0.4, 0.5) is 0 Å². The molecule has 1 aliphatic rings. The van der Waals surface area contributed by atoms with Crippen LogP contribution in [0.2, 0.25) is 0 Å². The zero-order chi connectivity index (χ0) is 13.0. The summed E-state index contributed by atoms with van der Waals surface area (Å²) in [5, 5.41) is 17.7. The van der Waals surface area contributed by atoms with Gasteiger partial charge in [-0.3, -0.25) is 4.90 Å². The Morgan fingerprint density at radius 2 is 1.81 bits per heavy atom. The fourth-order valence-corrected chi connectivity index (χ4v) is 1.48. The highest BCUT2D eigenvalue weighted by molar-refractivity contribution is 6.50. The van der Waals surface area contributed by atoms with Gasteiger partial charge in [0, 0.05) is 13.1 Å². The van der Waals surface area contributed by atoms with E-state index >= 15 is 0 Å². The first kappa shape index (κ1) is 18.1. The Bertz CT molecular complexity index is 172. The van der Waals surface area contributed by atoms with Crippen molar-refractivity contribution in [1.82, 2.24) is 4.90 Å². The summed E-state index contributed by atoms with van der Waals surface area (Å²) in [7, 11) is -1.24. The molecule has 0 amide bonds. The molecule has 0 aromatic rings. The topological polar surface area (TPSA) is 43.7 Å². The molecule has 1 aliphatic heterocycles. The normalized spacial score (nSPS) is 15.1. The molecule has 0 aromatic carbocycles. The molecule has 0 fully saturated rings. The van der Waals surface area contributed by atoms with Crippen LogP contribution in [0.25, 0.3) is 0 Å². The lowest BCUT2D eigenvalue weighted by Crippen LogP contribution is -2.32. The van der Waals surface area contributed by atoms with Gasteiger partial charge in [-0.2, -0.15) is 0 Å². The van der Waals surface area contributed by atoms with Gasteiger partial charge in [0.25, 0.3) is 0 Å². The standard InChI is InChI=1S/C8H16BNO2.2C2H6/c1-2-5-10-6-3-8(4-7-10)9(11)12;2*1-2/h3,11-12H,2,4-7H2,1H3;2*1-2H3. The molecule has 0 saturated heterocycles. The van der Waals surface area contributed by atoms with Crippen LogP contribution in [0.3, 0.4) is 0 Å². The monoisotopic (exact) mass is 229 g/mol. The van der Waals surface area contributed by atoms with Crippen molar-refractivity contribution in [2.75, 3.05) is 19.6 Å². The lowest BCUT2D eigenvalue weighted by Gasteiger charge is -2.25. The average Bonchev–Trinajstić information content (AvgIpc) is 2.35. The van der Waals surface area contributed by atoms with Crippen molar-refractivity contribution in [2.45, 2.75) is 47.5 Å². The molecular formula is C12H28BNO2. The van der Waals surface area contributed by atoms with E-state index in [1.54, 1.807) is 0 Å². The zero-order valence-corrected chi connectivity index (χ0v) is 11.5. The van der Waals surface area contributed by atoms with E-state index in [1.165, 1.54) is 0 Å². The van der Waals surface area contributed by atoms with Gasteiger partial charge in [-0.1, -0.05) is 40.7 Å². The smallest absolute Gasteiger partial charge is 0.423 e. The molecule has 0 unspecified atom stereocenters. The third-order valence-corrected chi connectivity index (χ3v) is 2.20. The molecule has 0 spiro atoms. The van der Waals surface area contributed by atoms with Crippen LogP contribution in [0.15, 0.2) is 11.5 Å². The van der Waals surface area contributed by atoms with Gasteiger partial charge in [-0.25, -0.2) is 0 Å². The van der Waals surface area contributed by atoms with E-state index in [9.17, 15) is 0 Å². The summed E-state index contributed by atoms with van der Waals surface area (Å²) < 4.78 is 0. The van der Waals surface area contributed by atoms with Crippen LogP contribution in [-0.4, -0.2) is 41.7 Å². The first-order valence-electron chi connectivity index (χ1n) is 6.51. The van der Waals surface area contributed by atoms with E-state index in [0.717, 1.165) is 37.9 Å². The number of nitrogens with zero attached hydrogens (tertiary/aromatic N) is 1. The van der Waals surface area contributed by atoms with E-state index in [1.807, 2.05) is 33.8 Å². The molecule has 0 radical (unpaired) electrons. The van der Waals surface area contributed by atoms with Crippen LogP contribution >= 0.6 is 0 Å². The van der Waals surface area contributed by atoms with Crippen molar-refractivity contribution < 1.29 is 10.0 Å². The maximum absolute atomic E-state index is 8.86. The minimum atomic E-state index is -1.24. The van der Waals surface area contributed by atoms with Crippen molar-refractivity contribution in [2.24, 2.45) is 0 Å². The highest BCUT2D eigenvalue weighted by atomic mass is 16.4. The lowest BCUT2D eigenvalue weighted by molar-refractivity contribution is 0.293. The second kappa shape index (κ2) is 12.8. The van der Waals surface area contributed by atoms with Crippen molar-refractivity contribution >= 4 is 7.12 Å². The number of hydrogen-bond acceptors (Lipinski definition) is 3. The largest absolute Gasteiger partial charge is 0.483 e. The molecule has 0 atom stereocenters. The van der Waals surface area contributed by atoms with E-state index in [0.29, 0.717) is 0 Å². The summed E-state index contributed by atoms with van der Waals surface area (Å²) in [6.07, 6.45) is 3.87. The maximum atomic E-state index is 8.86. The molecule has 96 valence electrons. The first-order chi connectivity index (χ1) is 7.74. The second-order valence-electron chi connectivity index (χ2n) is 3.20. The summed E-state index contributed by atoms with van der Waals surface area (Å²) in [5.74, 6) is 0. The van der Waals surface area contributed by atoms with Crippen molar-refractivity contribution in [3.63, 3.8) is 0 Å². The minimum Gasteiger partial charge on any atom is -0.423 e. The Balaban J connectivity index is 0. The van der Waals surface area contributed by atoms with E-state index in [-0.39, 0.29) is 0 Å². The fourth-order valence-electron chi connectivity index (χ4n) is 1.48. The van der Waals surface area contributed by atoms with E-state index < -0.39 is 7.12 Å². The van der Waals surface area contributed by atoms with Crippen molar-refractivity contribution in [3.8, 4) is 0 Å². The molecular weight excluding hydrogens is 201 g/mol. The van der Waals surface area contributed by atoms with Gasteiger partial charge in [-0.15, -0.1) is 0 Å². The molecule has 4 heteroatoms. The quantitative estimate of drug-likeness (QED) is 0.728.